The highest BCUT2D eigenvalue weighted by atomic mass is 79.9. The molecule has 18 heavy (non-hydrogen) atoms. The molecular weight excluding hydrogens is 296 g/mol. The van der Waals surface area contributed by atoms with E-state index < -0.39 is 0 Å². The molecule has 2 rings (SSSR count). The van der Waals surface area contributed by atoms with Crippen LogP contribution in [0.4, 0.5) is 0 Å². The van der Waals surface area contributed by atoms with Gasteiger partial charge in [0.2, 0.25) is 5.56 Å². The molecule has 5 heteroatoms. The molecule has 0 spiro atoms. The molecule has 0 atom stereocenters. The molecule has 1 aromatic carbocycles. The maximum atomic E-state index is 11.8. The lowest BCUT2D eigenvalue weighted by atomic mass is 10.2. The van der Waals surface area contributed by atoms with Gasteiger partial charge in [-0.25, -0.2) is 0 Å². The number of carbonyl (C=O) groups excluding carboxylic acids is 1. The maximum Gasteiger partial charge on any atom is 0.251 e. The maximum absolute atomic E-state index is 11.8. The van der Waals surface area contributed by atoms with Crippen LogP contribution in [0.2, 0.25) is 0 Å². The third kappa shape index (κ3) is 3.30. The van der Waals surface area contributed by atoms with Crippen LogP contribution in [0.5, 0.6) is 0 Å². The lowest BCUT2D eigenvalue weighted by Gasteiger charge is -2.05. The molecule has 4 nitrogen and oxygen atoms in total. The highest BCUT2D eigenvalue weighted by Gasteiger charge is 2.05. The number of carbonyl (C=O) groups is 1. The predicted molar refractivity (Wildman–Crippen MR) is 72.4 cm³/mol. The van der Waals surface area contributed by atoms with Gasteiger partial charge in [-0.05, 0) is 23.8 Å². The topological polar surface area (TPSA) is 62.0 Å². The summed E-state index contributed by atoms with van der Waals surface area (Å²) >= 11 is 3.34. The van der Waals surface area contributed by atoms with Crippen molar-refractivity contribution >= 4 is 21.8 Å². The fraction of sp³-hybridized carbons (Fsp3) is 0.0769. The zero-order valence-electron chi connectivity index (χ0n) is 9.44. The minimum Gasteiger partial charge on any atom is -0.348 e. The number of rotatable bonds is 3. The quantitative estimate of drug-likeness (QED) is 0.912. The van der Waals surface area contributed by atoms with Crippen molar-refractivity contribution in [2.75, 3.05) is 0 Å². The Kier molecular flexibility index (Phi) is 3.94. The zero-order valence-corrected chi connectivity index (χ0v) is 11.0. The normalized spacial score (nSPS) is 10.1. The van der Waals surface area contributed by atoms with E-state index in [1.807, 2.05) is 24.3 Å². The lowest BCUT2D eigenvalue weighted by molar-refractivity contribution is 0.0950. The molecule has 0 aliphatic rings. The molecule has 0 saturated carbocycles. The summed E-state index contributed by atoms with van der Waals surface area (Å²) in [7, 11) is 0. The van der Waals surface area contributed by atoms with Crippen molar-refractivity contribution < 1.29 is 4.79 Å². The summed E-state index contributed by atoms with van der Waals surface area (Å²) in [4.78, 5) is 25.3. The number of nitrogens with one attached hydrogen (secondary N) is 2. The van der Waals surface area contributed by atoms with Gasteiger partial charge in [-0.15, -0.1) is 0 Å². The largest absolute Gasteiger partial charge is 0.348 e. The molecule has 0 aliphatic heterocycles. The molecule has 2 N–H and O–H groups in total. The summed E-state index contributed by atoms with van der Waals surface area (Å²) in [5.74, 6) is -0.260. The molecule has 0 fully saturated rings. The second kappa shape index (κ2) is 5.64. The number of hydrogen-bond acceptors (Lipinski definition) is 2. The van der Waals surface area contributed by atoms with Crippen molar-refractivity contribution in [1.82, 2.24) is 10.3 Å². The Labute approximate surface area is 112 Å². The van der Waals surface area contributed by atoms with Gasteiger partial charge in [-0.2, -0.15) is 0 Å². The van der Waals surface area contributed by atoms with Crippen LogP contribution in [-0.4, -0.2) is 10.9 Å². The van der Waals surface area contributed by atoms with Crippen LogP contribution in [0.15, 0.2) is 51.9 Å². The minimum absolute atomic E-state index is 0.260. The Morgan fingerprint density at radius 2 is 1.94 bits per heavy atom. The van der Waals surface area contributed by atoms with E-state index in [0.29, 0.717) is 12.1 Å². The Hall–Kier alpha value is -1.88. The third-order valence-electron chi connectivity index (χ3n) is 2.40. The van der Waals surface area contributed by atoms with E-state index in [0.717, 1.165) is 10.0 Å². The van der Waals surface area contributed by atoms with E-state index in [4.69, 9.17) is 0 Å². The molecule has 0 radical (unpaired) electrons. The average Bonchev–Trinajstić information content (AvgIpc) is 2.38. The molecule has 2 aromatic rings. The average molecular weight is 307 g/mol. The molecule has 0 bridgehead atoms. The van der Waals surface area contributed by atoms with E-state index in [1.54, 1.807) is 6.07 Å². The van der Waals surface area contributed by atoms with Crippen molar-refractivity contribution in [3.63, 3.8) is 0 Å². The fourth-order valence-electron chi connectivity index (χ4n) is 1.47. The highest BCUT2D eigenvalue weighted by molar-refractivity contribution is 9.10. The van der Waals surface area contributed by atoms with Crippen LogP contribution in [0.1, 0.15) is 15.9 Å². The number of H-pyrrole nitrogens is 1. The molecule has 92 valence electrons. The van der Waals surface area contributed by atoms with Crippen LogP contribution in [0, 0.1) is 0 Å². The molecule has 1 heterocycles. The van der Waals surface area contributed by atoms with Crippen LogP contribution >= 0.6 is 15.9 Å². The molecule has 0 aliphatic carbocycles. The van der Waals surface area contributed by atoms with E-state index >= 15 is 0 Å². The van der Waals surface area contributed by atoms with Gasteiger partial charge < -0.3 is 10.3 Å². The van der Waals surface area contributed by atoms with E-state index in [9.17, 15) is 9.59 Å². The summed E-state index contributed by atoms with van der Waals surface area (Å²) in [6.45, 7) is 0.429. The van der Waals surface area contributed by atoms with Crippen LogP contribution < -0.4 is 10.9 Å². The van der Waals surface area contributed by atoms with E-state index in [1.165, 1.54) is 12.3 Å². The van der Waals surface area contributed by atoms with Crippen molar-refractivity contribution in [3.05, 3.63) is 68.5 Å². The van der Waals surface area contributed by atoms with Crippen LogP contribution in [-0.2, 0) is 6.54 Å². The second-order valence-electron chi connectivity index (χ2n) is 3.75. The number of pyridine rings is 1. The summed E-state index contributed by atoms with van der Waals surface area (Å²) in [5, 5.41) is 2.75. The second-order valence-corrected chi connectivity index (χ2v) is 4.67. The van der Waals surface area contributed by atoms with Gasteiger partial charge in [0.25, 0.3) is 5.91 Å². The van der Waals surface area contributed by atoms with Gasteiger partial charge in [0.15, 0.2) is 0 Å². The Morgan fingerprint density at radius 3 is 2.61 bits per heavy atom. The first-order chi connectivity index (χ1) is 8.65. The summed E-state index contributed by atoms with van der Waals surface area (Å²) < 4.78 is 0.993. The van der Waals surface area contributed by atoms with Gasteiger partial charge in [0, 0.05) is 28.8 Å². The number of aromatic amines is 1. The molecule has 1 aromatic heterocycles. The number of aromatic nitrogens is 1. The fourth-order valence-corrected chi connectivity index (χ4v) is 1.74. The summed E-state index contributed by atoms with van der Waals surface area (Å²) in [6, 6.07) is 10.5. The van der Waals surface area contributed by atoms with Gasteiger partial charge in [-0.1, -0.05) is 28.1 Å². The lowest BCUT2D eigenvalue weighted by Crippen LogP contribution is -2.24. The van der Waals surface area contributed by atoms with Crippen molar-refractivity contribution in [2.24, 2.45) is 0 Å². The molecule has 0 unspecified atom stereocenters. The van der Waals surface area contributed by atoms with Crippen LogP contribution in [0.25, 0.3) is 0 Å². The number of benzene rings is 1. The van der Waals surface area contributed by atoms with Gasteiger partial charge in [0.1, 0.15) is 0 Å². The standard InChI is InChI=1S/C13H11BrN2O2/c14-11-3-1-9(2-4-11)8-16-13(18)10-5-6-15-12(17)7-10/h1-7H,8H2,(H,15,17)(H,16,18). The minimum atomic E-state index is -0.286. The van der Waals surface area contributed by atoms with Crippen LogP contribution in [0.3, 0.4) is 0 Å². The smallest absolute Gasteiger partial charge is 0.251 e. The summed E-state index contributed by atoms with van der Waals surface area (Å²) in [5.41, 5.74) is 1.07. The van der Waals surface area contributed by atoms with Crippen molar-refractivity contribution in [1.29, 1.82) is 0 Å². The van der Waals surface area contributed by atoms with Crippen molar-refractivity contribution in [2.45, 2.75) is 6.54 Å². The first-order valence-corrected chi connectivity index (χ1v) is 6.16. The molecular formula is C13H11BrN2O2. The van der Waals surface area contributed by atoms with Gasteiger partial charge in [0.05, 0.1) is 0 Å². The van der Waals surface area contributed by atoms with Crippen molar-refractivity contribution in [3.8, 4) is 0 Å². The van der Waals surface area contributed by atoms with E-state index in [-0.39, 0.29) is 11.5 Å². The Balaban J connectivity index is 2.00. The first kappa shape index (κ1) is 12.6. The van der Waals surface area contributed by atoms with Gasteiger partial charge >= 0.3 is 0 Å². The molecule has 1 amide bonds. The Morgan fingerprint density at radius 1 is 1.22 bits per heavy atom. The number of halogens is 1. The van der Waals surface area contributed by atoms with E-state index in [2.05, 4.69) is 26.2 Å². The highest BCUT2D eigenvalue weighted by Crippen LogP contribution is 2.10. The first-order valence-electron chi connectivity index (χ1n) is 5.36. The summed E-state index contributed by atoms with van der Waals surface area (Å²) in [6.07, 6.45) is 1.46. The Bertz CT molecular complexity index is 605. The number of amides is 1. The SMILES string of the molecule is O=C(NCc1ccc(Br)cc1)c1cc[nH]c(=O)c1. The third-order valence-corrected chi connectivity index (χ3v) is 2.93. The monoisotopic (exact) mass is 306 g/mol. The number of hydrogen-bond donors (Lipinski definition) is 2. The van der Waals surface area contributed by atoms with Gasteiger partial charge in [-0.3, -0.25) is 9.59 Å². The predicted octanol–water partition coefficient (Wildman–Crippen LogP) is 2.07. The zero-order chi connectivity index (χ0) is 13.0. The molecule has 0 saturated heterocycles.